The first-order valence-electron chi connectivity index (χ1n) is 7.33. The lowest BCUT2D eigenvalue weighted by atomic mass is 9.97. The van der Waals surface area contributed by atoms with Gasteiger partial charge in [0, 0.05) is 39.5 Å². The van der Waals surface area contributed by atoms with Gasteiger partial charge in [-0.25, -0.2) is 4.79 Å². The van der Waals surface area contributed by atoms with Crippen LogP contribution in [-0.4, -0.2) is 30.3 Å². The Bertz CT molecular complexity index is 937. The van der Waals surface area contributed by atoms with Crippen LogP contribution in [0.4, 0.5) is 5.69 Å². The lowest BCUT2D eigenvalue weighted by Crippen LogP contribution is -2.03. The van der Waals surface area contributed by atoms with Gasteiger partial charge in [0.1, 0.15) is 0 Å². The molecule has 0 aliphatic heterocycles. The molecule has 0 aliphatic carbocycles. The van der Waals surface area contributed by atoms with Gasteiger partial charge in [0.15, 0.2) is 11.5 Å². The van der Waals surface area contributed by atoms with Gasteiger partial charge in [0.25, 0.3) is 0 Å². The summed E-state index contributed by atoms with van der Waals surface area (Å²) >= 11 is 1.38. The number of aromatic carboxylic acids is 1. The predicted molar refractivity (Wildman–Crippen MR) is 97.5 cm³/mol. The van der Waals surface area contributed by atoms with Crippen molar-refractivity contribution in [1.82, 2.24) is 4.98 Å². The molecule has 1 aromatic carbocycles. The number of carboxylic acids is 1. The lowest BCUT2D eigenvalue weighted by molar-refractivity contribution is 0.0698. The van der Waals surface area contributed by atoms with E-state index in [1.165, 1.54) is 24.6 Å². The van der Waals surface area contributed by atoms with Crippen molar-refractivity contribution in [2.24, 2.45) is 0 Å². The maximum absolute atomic E-state index is 12.0. The first-order chi connectivity index (χ1) is 12.0. The van der Waals surface area contributed by atoms with Crippen molar-refractivity contribution in [3.63, 3.8) is 0 Å². The Kier molecular flexibility index (Phi) is 4.58. The Labute approximate surface area is 148 Å². The third-order valence-corrected chi connectivity index (χ3v) is 4.72. The molecule has 6 nitrogen and oxygen atoms in total. The van der Waals surface area contributed by atoms with Crippen LogP contribution in [-0.2, 0) is 0 Å². The number of hydrogen-bond acceptors (Lipinski definition) is 6. The van der Waals surface area contributed by atoms with Crippen LogP contribution in [0.3, 0.4) is 0 Å². The van der Waals surface area contributed by atoms with E-state index in [2.05, 4.69) is 4.98 Å². The number of pyridine rings is 1. The summed E-state index contributed by atoms with van der Waals surface area (Å²) in [5.74, 6) is 0.0505. The van der Waals surface area contributed by atoms with E-state index < -0.39 is 5.97 Å². The summed E-state index contributed by atoms with van der Waals surface area (Å²) in [6.07, 6.45) is 3.07. The van der Waals surface area contributed by atoms with Crippen LogP contribution in [0.15, 0.2) is 42.0 Å². The minimum absolute atomic E-state index is 0.170. The number of aromatic nitrogens is 1. The summed E-state index contributed by atoms with van der Waals surface area (Å²) < 4.78 is 10.5. The molecule has 128 valence electrons. The Morgan fingerprint density at radius 2 is 1.84 bits per heavy atom. The van der Waals surface area contributed by atoms with Crippen LogP contribution < -0.4 is 15.2 Å². The van der Waals surface area contributed by atoms with Crippen LogP contribution in [0.1, 0.15) is 10.4 Å². The average Bonchev–Trinajstić information content (AvgIpc) is 3.06. The number of carbonyl (C=O) groups is 1. The van der Waals surface area contributed by atoms with Gasteiger partial charge >= 0.3 is 5.97 Å². The number of nitrogens with zero attached hydrogens (tertiary/aromatic N) is 1. The number of benzene rings is 1. The third-order valence-electron chi connectivity index (χ3n) is 3.74. The molecule has 0 aliphatic rings. The van der Waals surface area contributed by atoms with Gasteiger partial charge in [0.2, 0.25) is 0 Å². The Balaban J connectivity index is 2.22. The minimum atomic E-state index is -1.03. The van der Waals surface area contributed by atoms with Crippen molar-refractivity contribution in [2.45, 2.75) is 0 Å². The number of carboxylic acid groups (broad SMARTS) is 1. The number of hydrogen-bond donors (Lipinski definition) is 2. The lowest BCUT2D eigenvalue weighted by Gasteiger charge is -2.13. The molecule has 0 radical (unpaired) electrons. The predicted octanol–water partition coefficient (Wildman–Crippen LogP) is 3.77. The molecule has 0 unspecified atom stereocenters. The number of anilines is 1. The molecule has 3 aromatic rings. The maximum atomic E-state index is 12.0. The molecule has 0 saturated carbocycles. The van der Waals surface area contributed by atoms with Gasteiger partial charge in [-0.3, -0.25) is 4.98 Å². The largest absolute Gasteiger partial charge is 0.493 e. The number of rotatable bonds is 5. The van der Waals surface area contributed by atoms with Crippen LogP contribution in [0.2, 0.25) is 0 Å². The first kappa shape index (κ1) is 16.8. The van der Waals surface area contributed by atoms with E-state index in [1.807, 2.05) is 0 Å². The fraction of sp³-hybridized carbons (Fsp3) is 0.111. The molecule has 25 heavy (non-hydrogen) atoms. The molecule has 2 heterocycles. The average molecular weight is 356 g/mol. The van der Waals surface area contributed by atoms with E-state index in [9.17, 15) is 9.90 Å². The molecular formula is C18H16N2O4S. The van der Waals surface area contributed by atoms with Crippen molar-refractivity contribution in [3.8, 4) is 33.1 Å². The van der Waals surface area contributed by atoms with E-state index in [4.69, 9.17) is 15.2 Å². The van der Waals surface area contributed by atoms with E-state index in [0.29, 0.717) is 33.9 Å². The monoisotopic (exact) mass is 356 g/mol. The molecule has 0 fully saturated rings. The van der Waals surface area contributed by atoms with Crippen LogP contribution in [0.5, 0.6) is 11.5 Å². The highest BCUT2D eigenvalue weighted by atomic mass is 32.1. The maximum Gasteiger partial charge on any atom is 0.337 e. The molecule has 0 atom stereocenters. The topological polar surface area (TPSA) is 94.7 Å². The number of thiophene rings is 1. The standard InChI is InChI=1S/C18H16N2O4S/c1-23-14-4-3-10(5-15(14)24-2)12-7-20-8-13(17(12)18(21)22)16-6-11(19)9-25-16/h3-9H,19H2,1-2H3,(H,21,22). The summed E-state index contributed by atoms with van der Waals surface area (Å²) in [7, 11) is 3.08. The zero-order valence-corrected chi connectivity index (χ0v) is 14.5. The zero-order chi connectivity index (χ0) is 18.0. The third kappa shape index (κ3) is 3.14. The molecule has 3 rings (SSSR count). The van der Waals surface area contributed by atoms with Crippen molar-refractivity contribution in [1.29, 1.82) is 0 Å². The molecule has 7 heteroatoms. The summed E-state index contributed by atoms with van der Waals surface area (Å²) in [5, 5.41) is 11.6. The van der Waals surface area contributed by atoms with Crippen molar-refractivity contribution in [3.05, 3.63) is 47.6 Å². The number of nitrogen functional groups attached to an aromatic ring is 1. The quantitative estimate of drug-likeness (QED) is 0.722. The van der Waals surface area contributed by atoms with Crippen LogP contribution >= 0.6 is 11.3 Å². The molecule has 0 saturated heterocycles. The SMILES string of the molecule is COc1ccc(-c2cncc(-c3cc(N)cs3)c2C(=O)O)cc1OC. The number of methoxy groups -OCH3 is 2. The summed E-state index contributed by atoms with van der Waals surface area (Å²) in [5.41, 5.74) is 8.24. The normalized spacial score (nSPS) is 10.5. The number of nitrogens with two attached hydrogens (primary N) is 1. The van der Waals surface area contributed by atoms with Gasteiger partial charge in [-0.05, 0) is 23.8 Å². The van der Waals surface area contributed by atoms with Gasteiger partial charge in [-0.2, -0.15) is 0 Å². The molecule has 3 N–H and O–H groups in total. The minimum Gasteiger partial charge on any atom is -0.493 e. The number of ether oxygens (including phenoxy) is 2. The fourth-order valence-corrected chi connectivity index (χ4v) is 3.41. The van der Waals surface area contributed by atoms with E-state index in [1.54, 1.807) is 43.0 Å². The fourth-order valence-electron chi connectivity index (χ4n) is 2.59. The van der Waals surface area contributed by atoms with Crippen molar-refractivity contribution < 1.29 is 19.4 Å². The molecule has 2 aromatic heterocycles. The van der Waals surface area contributed by atoms with Gasteiger partial charge in [0.05, 0.1) is 19.8 Å². The zero-order valence-electron chi connectivity index (χ0n) is 13.6. The smallest absolute Gasteiger partial charge is 0.337 e. The van der Waals surface area contributed by atoms with Gasteiger partial charge < -0.3 is 20.3 Å². The van der Waals surface area contributed by atoms with Gasteiger partial charge in [-0.15, -0.1) is 11.3 Å². The highest BCUT2D eigenvalue weighted by Gasteiger charge is 2.20. The van der Waals surface area contributed by atoms with E-state index in [0.717, 1.165) is 4.88 Å². The van der Waals surface area contributed by atoms with Crippen molar-refractivity contribution in [2.75, 3.05) is 20.0 Å². The van der Waals surface area contributed by atoms with Crippen molar-refractivity contribution >= 4 is 23.0 Å². The summed E-state index contributed by atoms with van der Waals surface area (Å²) in [6.45, 7) is 0. The Hall–Kier alpha value is -3.06. The second-order valence-corrected chi connectivity index (χ2v) is 6.14. The first-order valence-corrected chi connectivity index (χ1v) is 8.21. The summed E-state index contributed by atoms with van der Waals surface area (Å²) in [4.78, 5) is 16.9. The Morgan fingerprint density at radius 1 is 1.12 bits per heavy atom. The van der Waals surface area contributed by atoms with E-state index in [-0.39, 0.29) is 5.56 Å². The highest BCUT2D eigenvalue weighted by molar-refractivity contribution is 7.14. The van der Waals surface area contributed by atoms with Gasteiger partial charge in [-0.1, -0.05) is 6.07 Å². The Morgan fingerprint density at radius 3 is 2.44 bits per heavy atom. The highest BCUT2D eigenvalue weighted by Crippen LogP contribution is 2.38. The van der Waals surface area contributed by atoms with Crippen LogP contribution in [0, 0.1) is 0 Å². The summed E-state index contributed by atoms with van der Waals surface area (Å²) in [6, 6.07) is 6.98. The second-order valence-electron chi connectivity index (χ2n) is 5.23. The second kappa shape index (κ2) is 6.82. The van der Waals surface area contributed by atoms with E-state index >= 15 is 0 Å². The molecule has 0 spiro atoms. The molecule has 0 bridgehead atoms. The molecular weight excluding hydrogens is 340 g/mol. The molecule has 0 amide bonds. The van der Waals surface area contributed by atoms with Crippen LogP contribution in [0.25, 0.3) is 21.6 Å².